The molecule has 1 amide bonds. The molecular formula is C17H21ClN4O6S. The summed E-state index contributed by atoms with van der Waals surface area (Å²) in [6.45, 7) is 0.620. The van der Waals surface area contributed by atoms with Crippen LogP contribution in [-0.4, -0.2) is 48.9 Å². The molecule has 0 atom stereocenters. The molecule has 2 aromatic rings. The first-order chi connectivity index (χ1) is 13.6. The summed E-state index contributed by atoms with van der Waals surface area (Å²) in [5.41, 5.74) is 1.59. The Labute approximate surface area is 172 Å². The number of amides is 1. The largest absolute Gasteiger partial charge is 0.495 e. The smallest absolute Gasteiger partial charge is 0.273 e. The number of benzene rings is 1. The highest BCUT2D eigenvalue weighted by molar-refractivity contribution is 7.85. The molecule has 0 aliphatic carbocycles. The average Bonchev–Trinajstić information content (AvgIpc) is 3.00. The normalized spacial score (nSPS) is 14.1. The number of methoxy groups -OCH3 is 1. The second-order valence-electron chi connectivity index (χ2n) is 6.25. The molecule has 4 N–H and O–H groups in total. The number of hydrazone groups is 1. The second-order valence-corrected chi connectivity index (χ2v) is 8.09. The average molecular weight is 445 g/mol. The molecule has 0 saturated heterocycles. The predicted molar refractivity (Wildman–Crippen MR) is 109 cm³/mol. The summed E-state index contributed by atoms with van der Waals surface area (Å²) in [5.74, 6) is 5.10. The van der Waals surface area contributed by atoms with Crippen LogP contribution in [-0.2, 0) is 16.7 Å². The van der Waals surface area contributed by atoms with Gasteiger partial charge in [0.25, 0.3) is 16.0 Å². The van der Waals surface area contributed by atoms with Gasteiger partial charge in [0.1, 0.15) is 17.8 Å². The number of Topliss-reactive ketones (excluding diaryl/α,β-unsaturated/α-hetero) is 1. The first-order valence-corrected chi connectivity index (χ1v) is 10.7. The lowest BCUT2D eigenvalue weighted by Crippen LogP contribution is -2.25. The minimum atomic E-state index is -3.67. The van der Waals surface area contributed by atoms with Gasteiger partial charge in [-0.1, -0.05) is 11.6 Å². The molecule has 12 heteroatoms. The number of ether oxygens (including phenoxy) is 1. The fraction of sp³-hybridized carbons (Fsp3) is 0.353. The van der Waals surface area contributed by atoms with Crippen LogP contribution in [0.3, 0.4) is 0 Å². The van der Waals surface area contributed by atoms with Crippen molar-refractivity contribution in [1.82, 2.24) is 9.88 Å². The van der Waals surface area contributed by atoms with Crippen LogP contribution in [0.5, 0.6) is 5.75 Å². The van der Waals surface area contributed by atoms with Crippen molar-refractivity contribution >= 4 is 50.7 Å². The van der Waals surface area contributed by atoms with Gasteiger partial charge in [-0.3, -0.25) is 14.1 Å². The first-order valence-electron chi connectivity index (χ1n) is 8.46. The van der Waals surface area contributed by atoms with Crippen molar-refractivity contribution in [3.05, 3.63) is 28.4 Å². The van der Waals surface area contributed by atoms with E-state index < -0.39 is 10.1 Å². The number of nitrogens with one attached hydrogen (secondary N) is 1. The van der Waals surface area contributed by atoms with E-state index in [9.17, 15) is 18.0 Å². The molecule has 29 heavy (non-hydrogen) atoms. The van der Waals surface area contributed by atoms with Crippen LogP contribution in [0.1, 0.15) is 40.1 Å². The lowest BCUT2D eigenvalue weighted by Gasteiger charge is -2.16. The molecular weight excluding hydrogens is 424 g/mol. The summed E-state index contributed by atoms with van der Waals surface area (Å²) in [6.07, 6.45) is 3.85. The monoisotopic (exact) mass is 444 g/mol. The van der Waals surface area contributed by atoms with Crippen LogP contribution < -0.4 is 15.9 Å². The molecule has 0 bridgehead atoms. The van der Waals surface area contributed by atoms with Crippen LogP contribution in [0.2, 0.25) is 5.02 Å². The van der Waals surface area contributed by atoms with Crippen LogP contribution in [0.25, 0.3) is 10.9 Å². The third kappa shape index (κ3) is 5.46. The van der Waals surface area contributed by atoms with Crippen molar-refractivity contribution in [2.24, 2.45) is 10.9 Å². The number of rotatable bonds is 3. The van der Waals surface area contributed by atoms with Crippen molar-refractivity contribution in [3.63, 3.8) is 0 Å². The summed E-state index contributed by atoms with van der Waals surface area (Å²) in [4.78, 5) is 24.9. The molecule has 1 aliphatic rings. The van der Waals surface area contributed by atoms with E-state index in [0.29, 0.717) is 52.2 Å². The zero-order chi connectivity index (χ0) is 21.8. The molecule has 1 aromatic heterocycles. The SMILES string of the molecule is COc1cc2c3c(cc(C(=O)NC=NN)n3CCCCC2=O)c1Cl.CS(=O)(=O)O. The Morgan fingerprint density at radius 1 is 1.41 bits per heavy atom. The summed E-state index contributed by atoms with van der Waals surface area (Å²) < 4.78 is 33.0. The van der Waals surface area contributed by atoms with Crippen molar-refractivity contribution < 1.29 is 27.3 Å². The Kier molecular flexibility index (Phi) is 7.22. The Balaban J connectivity index is 0.000000537. The number of aryl methyl sites for hydroxylation is 1. The Morgan fingerprint density at radius 3 is 2.66 bits per heavy atom. The summed E-state index contributed by atoms with van der Waals surface area (Å²) in [5, 5.41) is 6.75. The van der Waals surface area contributed by atoms with Gasteiger partial charge in [-0.25, -0.2) is 0 Å². The number of aromatic nitrogens is 1. The quantitative estimate of drug-likeness (QED) is 0.214. The summed E-state index contributed by atoms with van der Waals surface area (Å²) >= 11 is 6.40. The fourth-order valence-corrected chi connectivity index (χ4v) is 3.32. The van der Waals surface area contributed by atoms with E-state index >= 15 is 0 Å². The molecule has 10 nitrogen and oxygen atoms in total. The van der Waals surface area contributed by atoms with E-state index in [1.807, 2.05) is 4.57 Å². The minimum Gasteiger partial charge on any atom is -0.495 e. The van der Waals surface area contributed by atoms with Crippen molar-refractivity contribution in [3.8, 4) is 5.75 Å². The maximum Gasteiger partial charge on any atom is 0.273 e. The van der Waals surface area contributed by atoms with E-state index in [-0.39, 0.29) is 11.7 Å². The van der Waals surface area contributed by atoms with Gasteiger partial charge in [0.05, 0.1) is 23.9 Å². The minimum absolute atomic E-state index is 0.0181. The van der Waals surface area contributed by atoms with Crippen molar-refractivity contribution in [2.45, 2.75) is 25.8 Å². The molecule has 0 radical (unpaired) electrons. The number of nitrogens with zero attached hydrogens (tertiary/aromatic N) is 2. The summed E-state index contributed by atoms with van der Waals surface area (Å²) in [6, 6.07) is 3.32. The first kappa shape index (κ1) is 22.7. The van der Waals surface area contributed by atoms with Crippen molar-refractivity contribution in [1.29, 1.82) is 0 Å². The van der Waals surface area contributed by atoms with Crippen LogP contribution in [0, 0.1) is 0 Å². The van der Waals surface area contributed by atoms with Crippen LogP contribution >= 0.6 is 11.6 Å². The van der Waals surface area contributed by atoms with Crippen LogP contribution in [0.4, 0.5) is 0 Å². The van der Waals surface area contributed by atoms with Gasteiger partial charge in [-0.05, 0) is 25.0 Å². The maximum atomic E-state index is 12.5. The van der Waals surface area contributed by atoms with Gasteiger partial charge in [-0.15, -0.1) is 0 Å². The third-order valence-corrected chi connectivity index (χ3v) is 4.53. The van der Waals surface area contributed by atoms with Gasteiger partial charge in [0.2, 0.25) is 0 Å². The molecule has 1 aliphatic heterocycles. The zero-order valence-electron chi connectivity index (χ0n) is 15.8. The van der Waals surface area contributed by atoms with E-state index in [1.54, 1.807) is 12.1 Å². The highest BCUT2D eigenvalue weighted by Gasteiger charge is 2.25. The molecule has 0 spiro atoms. The number of ketones is 1. The van der Waals surface area contributed by atoms with Gasteiger partial charge in [-0.2, -0.15) is 13.5 Å². The number of nitrogens with two attached hydrogens (primary N) is 1. The molecule has 0 fully saturated rings. The van der Waals surface area contributed by atoms with E-state index in [0.717, 1.165) is 19.2 Å². The second kappa shape index (κ2) is 9.25. The highest BCUT2D eigenvalue weighted by Crippen LogP contribution is 2.38. The van der Waals surface area contributed by atoms with E-state index in [1.165, 1.54) is 7.11 Å². The lowest BCUT2D eigenvalue weighted by atomic mass is 10.0. The van der Waals surface area contributed by atoms with Gasteiger partial charge in [0, 0.05) is 23.9 Å². The number of carbonyl (C=O) groups is 2. The molecule has 1 aromatic carbocycles. The van der Waals surface area contributed by atoms with Gasteiger partial charge < -0.3 is 20.5 Å². The Bertz CT molecular complexity index is 1070. The topological polar surface area (TPSA) is 153 Å². The number of hydrogen-bond donors (Lipinski definition) is 3. The lowest BCUT2D eigenvalue weighted by molar-refractivity contribution is 0.0958. The molecule has 158 valence electrons. The van der Waals surface area contributed by atoms with Crippen molar-refractivity contribution in [2.75, 3.05) is 13.4 Å². The standard InChI is InChI=1S/C16H17ClN4O3.CH4O3S/c1-24-13-7-9-12(22)4-2-3-5-21-11(16(23)19-8-20-18)6-10(14(13)17)15(9)21;1-5(2,3)4/h6-8H,2-5,18H2,1H3,(H,19,20,23);1H3,(H,2,3,4). The van der Waals surface area contributed by atoms with Gasteiger partial charge >= 0.3 is 0 Å². The molecule has 2 heterocycles. The number of hydrogen-bond acceptors (Lipinski definition) is 7. The maximum absolute atomic E-state index is 12.5. The Morgan fingerprint density at radius 2 is 2.07 bits per heavy atom. The third-order valence-electron chi connectivity index (χ3n) is 4.14. The number of carbonyl (C=O) groups excluding carboxylic acids is 2. The van der Waals surface area contributed by atoms with E-state index in [2.05, 4.69) is 10.4 Å². The van der Waals surface area contributed by atoms with E-state index in [4.69, 9.17) is 26.7 Å². The molecule has 3 rings (SSSR count). The van der Waals surface area contributed by atoms with Crippen LogP contribution in [0.15, 0.2) is 17.2 Å². The highest BCUT2D eigenvalue weighted by atomic mass is 35.5. The predicted octanol–water partition coefficient (Wildman–Crippen LogP) is 1.81. The molecule has 0 unspecified atom stereocenters. The van der Waals surface area contributed by atoms with Gasteiger partial charge in [0.15, 0.2) is 5.78 Å². The zero-order valence-corrected chi connectivity index (χ0v) is 17.4. The Hall–Kier alpha value is -2.63. The summed E-state index contributed by atoms with van der Waals surface area (Å²) in [7, 11) is -2.17. The number of halogens is 1. The fourth-order valence-electron chi connectivity index (χ4n) is 3.04. The molecule has 0 saturated carbocycles.